The van der Waals surface area contributed by atoms with Crippen molar-refractivity contribution in [3.63, 3.8) is 0 Å². The van der Waals surface area contributed by atoms with Crippen molar-refractivity contribution in [1.82, 2.24) is 9.80 Å². The molecule has 0 radical (unpaired) electrons. The molecule has 1 saturated heterocycles. The molecular formula is C20H30ClN3O. The van der Waals surface area contributed by atoms with E-state index in [1.807, 2.05) is 30.1 Å². The Morgan fingerprint density at radius 1 is 1.16 bits per heavy atom. The maximum Gasteiger partial charge on any atom is 0.239 e. The normalized spacial score (nSPS) is 21.2. The zero-order valence-corrected chi connectivity index (χ0v) is 16.2. The highest BCUT2D eigenvalue weighted by molar-refractivity contribution is 6.30. The summed E-state index contributed by atoms with van der Waals surface area (Å²) in [6.45, 7) is 5.77. The summed E-state index contributed by atoms with van der Waals surface area (Å²) >= 11 is 6.11. The van der Waals surface area contributed by atoms with Gasteiger partial charge in [0.25, 0.3) is 0 Å². The fourth-order valence-electron chi connectivity index (χ4n) is 4.14. The summed E-state index contributed by atoms with van der Waals surface area (Å²) in [4.78, 5) is 19.6. The molecule has 1 aliphatic carbocycles. The number of likely N-dealkylation sites (N-methyl/N-ethyl adjacent to an activating group) is 1. The Balaban J connectivity index is 1.53. The molecule has 1 saturated carbocycles. The number of nitrogens with zero attached hydrogens (tertiary/aromatic N) is 3. The van der Waals surface area contributed by atoms with Gasteiger partial charge in [0.05, 0.1) is 6.04 Å². The quantitative estimate of drug-likeness (QED) is 0.817. The number of carbonyl (C=O) groups excluding carboxylic acids is 1. The van der Waals surface area contributed by atoms with Crippen LogP contribution < -0.4 is 4.90 Å². The lowest BCUT2D eigenvalue weighted by Crippen LogP contribution is -2.55. The third kappa shape index (κ3) is 4.48. The molecule has 25 heavy (non-hydrogen) atoms. The molecule has 1 unspecified atom stereocenters. The van der Waals surface area contributed by atoms with E-state index >= 15 is 0 Å². The van der Waals surface area contributed by atoms with Gasteiger partial charge in [-0.1, -0.05) is 36.9 Å². The zero-order chi connectivity index (χ0) is 17.8. The van der Waals surface area contributed by atoms with Crippen LogP contribution in [0.3, 0.4) is 0 Å². The maximum absolute atomic E-state index is 12.9. The van der Waals surface area contributed by atoms with Crippen LogP contribution >= 0.6 is 11.6 Å². The summed E-state index contributed by atoms with van der Waals surface area (Å²) in [6, 6.07) is 8.43. The molecule has 1 heterocycles. The Morgan fingerprint density at radius 2 is 1.84 bits per heavy atom. The van der Waals surface area contributed by atoms with Crippen LogP contribution in [-0.4, -0.2) is 61.0 Å². The molecule has 1 aromatic carbocycles. The van der Waals surface area contributed by atoms with Gasteiger partial charge in [-0.25, -0.2) is 0 Å². The van der Waals surface area contributed by atoms with Crippen LogP contribution in [0.5, 0.6) is 0 Å². The van der Waals surface area contributed by atoms with Crippen LogP contribution in [0.1, 0.15) is 39.0 Å². The summed E-state index contributed by atoms with van der Waals surface area (Å²) in [6.07, 6.45) is 6.17. The molecule has 0 N–H and O–H groups in total. The highest BCUT2D eigenvalue weighted by atomic mass is 35.5. The molecule has 3 rings (SSSR count). The van der Waals surface area contributed by atoms with Crippen molar-refractivity contribution in [2.75, 3.05) is 38.1 Å². The van der Waals surface area contributed by atoms with Crippen LogP contribution in [0.2, 0.25) is 5.02 Å². The van der Waals surface area contributed by atoms with Crippen molar-refractivity contribution < 1.29 is 4.79 Å². The summed E-state index contributed by atoms with van der Waals surface area (Å²) < 4.78 is 0. The number of rotatable bonds is 4. The summed E-state index contributed by atoms with van der Waals surface area (Å²) in [5.74, 6) is 0.281. The van der Waals surface area contributed by atoms with Crippen LogP contribution in [0.25, 0.3) is 0 Å². The van der Waals surface area contributed by atoms with Gasteiger partial charge in [0.15, 0.2) is 0 Å². The molecule has 1 atom stereocenters. The second kappa shape index (κ2) is 8.41. The van der Waals surface area contributed by atoms with E-state index in [0.29, 0.717) is 6.04 Å². The third-order valence-electron chi connectivity index (χ3n) is 5.86. The van der Waals surface area contributed by atoms with Crippen LogP contribution in [0.4, 0.5) is 5.69 Å². The first-order valence-corrected chi connectivity index (χ1v) is 9.95. The standard InChI is InChI=1S/C20H30ClN3O/c1-16(20(25)22(2)18-8-4-3-5-9-18)23-11-13-24(14-12-23)19-10-6-7-17(21)15-19/h6-7,10,15-16,18H,3-5,8-9,11-14H2,1-2H3. The van der Waals surface area contributed by atoms with E-state index in [9.17, 15) is 4.79 Å². The number of halogens is 1. The molecule has 2 aliphatic rings. The van der Waals surface area contributed by atoms with E-state index in [-0.39, 0.29) is 11.9 Å². The van der Waals surface area contributed by atoms with Crippen molar-refractivity contribution in [2.24, 2.45) is 0 Å². The lowest BCUT2D eigenvalue weighted by atomic mass is 9.94. The first-order valence-electron chi connectivity index (χ1n) is 9.57. The smallest absolute Gasteiger partial charge is 0.239 e. The highest BCUT2D eigenvalue weighted by Gasteiger charge is 2.30. The minimum atomic E-state index is -0.0339. The summed E-state index contributed by atoms with van der Waals surface area (Å²) in [5, 5.41) is 0.776. The van der Waals surface area contributed by atoms with Crippen LogP contribution in [-0.2, 0) is 4.79 Å². The van der Waals surface area contributed by atoms with Gasteiger partial charge in [-0.05, 0) is 38.0 Å². The molecule has 0 spiro atoms. The van der Waals surface area contributed by atoms with E-state index in [1.54, 1.807) is 0 Å². The number of benzene rings is 1. The molecule has 2 fully saturated rings. The minimum Gasteiger partial charge on any atom is -0.369 e. The molecule has 4 nitrogen and oxygen atoms in total. The first-order chi connectivity index (χ1) is 12.1. The molecule has 138 valence electrons. The van der Waals surface area contributed by atoms with Crippen molar-refractivity contribution in [3.8, 4) is 0 Å². The van der Waals surface area contributed by atoms with Crippen molar-refractivity contribution in [3.05, 3.63) is 29.3 Å². The maximum atomic E-state index is 12.9. The van der Waals surface area contributed by atoms with E-state index in [1.165, 1.54) is 24.9 Å². The van der Waals surface area contributed by atoms with Crippen molar-refractivity contribution in [1.29, 1.82) is 0 Å². The van der Waals surface area contributed by atoms with E-state index in [4.69, 9.17) is 11.6 Å². The number of hydrogen-bond donors (Lipinski definition) is 0. The summed E-state index contributed by atoms with van der Waals surface area (Å²) in [7, 11) is 2.00. The zero-order valence-electron chi connectivity index (χ0n) is 15.5. The fraction of sp³-hybridized carbons (Fsp3) is 0.650. The minimum absolute atomic E-state index is 0.0339. The van der Waals surface area contributed by atoms with Crippen LogP contribution in [0.15, 0.2) is 24.3 Å². The largest absolute Gasteiger partial charge is 0.369 e. The second-order valence-corrected chi connectivity index (χ2v) is 7.86. The number of carbonyl (C=O) groups is 1. The lowest BCUT2D eigenvalue weighted by Gasteiger charge is -2.41. The monoisotopic (exact) mass is 363 g/mol. The van der Waals surface area contributed by atoms with Crippen molar-refractivity contribution >= 4 is 23.2 Å². The Labute approximate surface area is 156 Å². The number of piperazine rings is 1. The predicted molar refractivity (Wildman–Crippen MR) is 104 cm³/mol. The molecule has 5 heteroatoms. The van der Waals surface area contributed by atoms with E-state index in [0.717, 1.165) is 44.0 Å². The Morgan fingerprint density at radius 3 is 2.48 bits per heavy atom. The Bertz CT molecular complexity index is 580. The van der Waals surface area contributed by atoms with Gasteiger partial charge in [-0.3, -0.25) is 9.69 Å². The molecule has 1 aromatic rings. The highest BCUT2D eigenvalue weighted by Crippen LogP contribution is 2.24. The van der Waals surface area contributed by atoms with Gasteiger partial charge in [-0.2, -0.15) is 0 Å². The summed E-state index contributed by atoms with van der Waals surface area (Å²) in [5.41, 5.74) is 1.17. The third-order valence-corrected chi connectivity index (χ3v) is 6.10. The fourth-order valence-corrected chi connectivity index (χ4v) is 4.32. The lowest BCUT2D eigenvalue weighted by molar-refractivity contribution is -0.138. The van der Waals surface area contributed by atoms with Gasteiger partial charge < -0.3 is 9.80 Å². The van der Waals surface area contributed by atoms with Gasteiger partial charge in [0, 0.05) is 50.0 Å². The topological polar surface area (TPSA) is 26.8 Å². The molecule has 1 aliphatic heterocycles. The number of anilines is 1. The Kier molecular flexibility index (Phi) is 6.24. The van der Waals surface area contributed by atoms with Gasteiger partial charge in [-0.15, -0.1) is 0 Å². The van der Waals surface area contributed by atoms with Gasteiger partial charge in [0.1, 0.15) is 0 Å². The van der Waals surface area contributed by atoms with Crippen molar-refractivity contribution in [2.45, 2.75) is 51.1 Å². The van der Waals surface area contributed by atoms with E-state index in [2.05, 4.69) is 22.8 Å². The molecule has 0 aromatic heterocycles. The molecule has 0 bridgehead atoms. The molecular weight excluding hydrogens is 334 g/mol. The molecule has 1 amide bonds. The second-order valence-electron chi connectivity index (χ2n) is 7.42. The predicted octanol–water partition coefficient (Wildman–Crippen LogP) is 3.64. The van der Waals surface area contributed by atoms with Gasteiger partial charge in [0.2, 0.25) is 5.91 Å². The Hall–Kier alpha value is -1.26. The first kappa shape index (κ1) is 18.5. The van der Waals surface area contributed by atoms with Crippen LogP contribution in [0, 0.1) is 0 Å². The number of hydrogen-bond acceptors (Lipinski definition) is 3. The van der Waals surface area contributed by atoms with E-state index < -0.39 is 0 Å². The van der Waals surface area contributed by atoms with Gasteiger partial charge >= 0.3 is 0 Å². The number of amides is 1. The SMILES string of the molecule is CC(C(=O)N(C)C1CCCCC1)N1CCN(c2cccc(Cl)c2)CC1. The average Bonchev–Trinajstić information content (AvgIpc) is 2.67. The average molecular weight is 364 g/mol.